The molecule has 3 nitrogen and oxygen atoms in total. The van der Waals surface area contributed by atoms with Gasteiger partial charge < -0.3 is 0 Å². The van der Waals surface area contributed by atoms with Gasteiger partial charge in [0, 0.05) is 33.1 Å². The summed E-state index contributed by atoms with van der Waals surface area (Å²) in [6, 6.07) is 17.8. The highest BCUT2D eigenvalue weighted by Crippen LogP contribution is 2.60. The first-order chi connectivity index (χ1) is 15.6. The minimum Gasteiger partial charge on any atom is -0.285 e. The molecule has 0 N–H and O–H groups in total. The number of nitrogens with zero attached hydrogens (tertiary/aromatic N) is 1. The molecule has 8 rings (SSSR count). The van der Waals surface area contributed by atoms with Crippen molar-refractivity contribution < 1.29 is 9.59 Å². The van der Waals surface area contributed by atoms with Gasteiger partial charge in [-0.3, -0.25) is 14.5 Å². The molecule has 3 aromatic carbocycles. The molecule has 4 atom stereocenters. The third-order valence-electron chi connectivity index (χ3n) is 7.84. The molecule has 2 aliphatic carbocycles. The first kappa shape index (κ1) is 17.5. The summed E-state index contributed by atoms with van der Waals surface area (Å²) in [5.41, 5.74) is 2.45. The summed E-state index contributed by atoms with van der Waals surface area (Å²) in [4.78, 5) is 26.6. The smallest absolute Gasteiger partial charge is 0.233 e. The van der Waals surface area contributed by atoms with Gasteiger partial charge in [-0.2, -0.15) is 0 Å². The normalized spacial score (nSPS) is 26.2. The monoisotopic (exact) mass is 451 g/mol. The Labute approximate surface area is 191 Å². The summed E-state index contributed by atoms with van der Waals surface area (Å²) in [5.74, 6) is -0.0850. The van der Waals surface area contributed by atoms with E-state index in [9.17, 15) is 9.59 Å². The van der Waals surface area contributed by atoms with Crippen molar-refractivity contribution in [3.63, 3.8) is 0 Å². The maximum absolute atomic E-state index is 12.7. The quantitative estimate of drug-likeness (QED) is 0.256. The van der Waals surface area contributed by atoms with Crippen molar-refractivity contribution in [2.75, 3.05) is 7.05 Å². The molecular weight excluding hydrogens is 434 g/mol. The van der Waals surface area contributed by atoms with Gasteiger partial charge >= 0.3 is 0 Å². The molecule has 2 amide bonds. The van der Waals surface area contributed by atoms with Gasteiger partial charge in [0.1, 0.15) is 0 Å². The molecule has 2 unspecified atom stereocenters. The molecule has 5 heteroatoms. The van der Waals surface area contributed by atoms with Crippen LogP contribution in [-0.2, 0) is 9.59 Å². The average Bonchev–Trinajstić information content (AvgIpc) is 3.36. The standard InChI is InChI=1S/C27H17NO2S2/c1-28-26(29)22-15-7-6-14-9-18-20(11-16(14)21(15)23(22)27(28)30)32-24-17-8-12-4-2-3-5-13(12)10-19(17)31-25(18)24/h2-11,15,21-23H,1H3/t15-,21-,22?,23?/m1/s1. The molecule has 1 aliphatic heterocycles. The lowest BCUT2D eigenvalue weighted by atomic mass is 9.53. The van der Waals surface area contributed by atoms with Gasteiger partial charge in [0.15, 0.2) is 0 Å². The molecule has 2 fully saturated rings. The van der Waals surface area contributed by atoms with E-state index in [2.05, 4.69) is 60.7 Å². The van der Waals surface area contributed by atoms with Crippen LogP contribution in [0, 0.1) is 17.8 Å². The van der Waals surface area contributed by atoms with Gasteiger partial charge in [-0.1, -0.05) is 36.4 Å². The summed E-state index contributed by atoms with van der Waals surface area (Å²) in [7, 11) is 1.63. The first-order valence-corrected chi connectivity index (χ1v) is 12.5. The van der Waals surface area contributed by atoms with E-state index in [1.807, 2.05) is 22.7 Å². The van der Waals surface area contributed by atoms with Crippen molar-refractivity contribution in [3.05, 3.63) is 65.7 Å². The van der Waals surface area contributed by atoms with Gasteiger partial charge in [-0.25, -0.2) is 0 Å². The maximum atomic E-state index is 12.7. The number of amides is 2. The Kier molecular flexibility index (Phi) is 3.10. The Balaban J connectivity index is 1.35. The highest BCUT2D eigenvalue weighted by atomic mass is 32.1. The number of hydrogen-bond acceptors (Lipinski definition) is 4. The molecule has 3 heterocycles. The molecule has 1 saturated carbocycles. The number of carbonyl (C=O) groups is 2. The van der Waals surface area contributed by atoms with Crippen molar-refractivity contribution in [1.82, 2.24) is 4.90 Å². The Bertz CT molecular complexity index is 1720. The molecule has 1 saturated heterocycles. The Morgan fingerprint density at radius 3 is 2.22 bits per heavy atom. The van der Waals surface area contributed by atoms with Crippen molar-refractivity contribution in [2.24, 2.45) is 17.8 Å². The molecule has 0 bridgehead atoms. The van der Waals surface area contributed by atoms with Crippen LogP contribution < -0.4 is 0 Å². The molecule has 2 aromatic heterocycles. The van der Waals surface area contributed by atoms with Gasteiger partial charge in [0.25, 0.3) is 0 Å². The molecular formula is C27H17NO2S2. The van der Waals surface area contributed by atoms with Gasteiger partial charge in [-0.05, 0) is 52.1 Å². The van der Waals surface area contributed by atoms with Crippen LogP contribution in [0.25, 0.3) is 46.4 Å². The van der Waals surface area contributed by atoms with E-state index in [1.54, 1.807) is 7.05 Å². The fourth-order valence-electron chi connectivity index (χ4n) is 6.27. The van der Waals surface area contributed by atoms with Crippen LogP contribution >= 0.6 is 22.7 Å². The molecule has 3 aliphatic rings. The van der Waals surface area contributed by atoms with Crippen LogP contribution in [0.3, 0.4) is 0 Å². The lowest BCUT2D eigenvalue weighted by Gasteiger charge is -2.46. The van der Waals surface area contributed by atoms with Crippen LogP contribution in [-0.4, -0.2) is 23.8 Å². The summed E-state index contributed by atoms with van der Waals surface area (Å²) < 4.78 is 5.32. The van der Waals surface area contributed by atoms with Crippen molar-refractivity contribution in [2.45, 2.75) is 5.92 Å². The summed E-state index contributed by atoms with van der Waals surface area (Å²) in [5, 5.41) is 5.19. The van der Waals surface area contributed by atoms with Crippen molar-refractivity contribution >= 4 is 80.9 Å². The molecule has 0 spiro atoms. The second-order valence-electron chi connectivity index (χ2n) is 9.28. The van der Waals surface area contributed by atoms with E-state index in [1.165, 1.54) is 56.4 Å². The molecule has 154 valence electrons. The van der Waals surface area contributed by atoms with E-state index in [-0.39, 0.29) is 35.5 Å². The van der Waals surface area contributed by atoms with Gasteiger partial charge in [0.2, 0.25) is 11.8 Å². The van der Waals surface area contributed by atoms with E-state index in [4.69, 9.17) is 0 Å². The lowest BCUT2D eigenvalue weighted by molar-refractivity contribution is -0.137. The third kappa shape index (κ3) is 1.94. The molecule has 5 aromatic rings. The lowest BCUT2D eigenvalue weighted by Crippen LogP contribution is -2.47. The number of likely N-dealkylation sites (tertiary alicyclic amines) is 1. The number of hydrogen-bond donors (Lipinski definition) is 0. The van der Waals surface area contributed by atoms with Crippen LogP contribution in [0.15, 0.2) is 54.6 Å². The van der Waals surface area contributed by atoms with Gasteiger partial charge in [-0.15, -0.1) is 22.7 Å². The largest absolute Gasteiger partial charge is 0.285 e. The SMILES string of the molecule is CN1C(=O)C2C(C1=O)[C@@H]1C=Cc3cc4c(cc3[C@H]21)sc1c2cc3ccccc3cc2sc41. The molecule has 0 radical (unpaired) electrons. The van der Waals surface area contributed by atoms with Crippen LogP contribution in [0.5, 0.6) is 0 Å². The second-order valence-corrected chi connectivity index (χ2v) is 11.4. The maximum Gasteiger partial charge on any atom is 0.233 e. The number of thiophene rings is 2. The average molecular weight is 452 g/mol. The zero-order chi connectivity index (χ0) is 21.3. The number of rotatable bonds is 0. The number of carbonyl (C=O) groups excluding carboxylic acids is 2. The zero-order valence-electron chi connectivity index (χ0n) is 17.2. The zero-order valence-corrected chi connectivity index (χ0v) is 18.8. The highest BCUT2D eigenvalue weighted by molar-refractivity contribution is 7.36. The fourth-order valence-corrected chi connectivity index (χ4v) is 8.97. The summed E-state index contributed by atoms with van der Waals surface area (Å²) in [6.07, 6.45) is 4.35. The minimum absolute atomic E-state index is 0.00682. The van der Waals surface area contributed by atoms with Crippen LogP contribution in [0.2, 0.25) is 0 Å². The van der Waals surface area contributed by atoms with E-state index < -0.39 is 0 Å². The topological polar surface area (TPSA) is 37.4 Å². The number of benzene rings is 3. The first-order valence-electron chi connectivity index (χ1n) is 10.9. The predicted molar refractivity (Wildman–Crippen MR) is 132 cm³/mol. The van der Waals surface area contributed by atoms with Crippen LogP contribution in [0.1, 0.15) is 17.0 Å². The third-order valence-corrected chi connectivity index (χ3v) is 10.3. The minimum atomic E-state index is -0.188. The number of fused-ring (bicyclic) bond motifs is 12. The summed E-state index contributed by atoms with van der Waals surface area (Å²) >= 11 is 3.73. The Morgan fingerprint density at radius 1 is 0.781 bits per heavy atom. The number of imide groups is 1. The van der Waals surface area contributed by atoms with Gasteiger partial charge in [0.05, 0.1) is 21.2 Å². The Morgan fingerprint density at radius 2 is 1.44 bits per heavy atom. The number of allylic oxidation sites excluding steroid dienone is 1. The van der Waals surface area contributed by atoms with Crippen LogP contribution in [0.4, 0.5) is 0 Å². The Hall–Kier alpha value is -3.02. The summed E-state index contributed by atoms with van der Waals surface area (Å²) in [6.45, 7) is 0. The molecule has 32 heavy (non-hydrogen) atoms. The van der Waals surface area contributed by atoms with E-state index in [0.29, 0.717) is 0 Å². The van der Waals surface area contributed by atoms with E-state index >= 15 is 0 Å². The fraction of sp³-hybridized carbons (Fsp3) is 0.185. The second kappa shape index (κ2) is 5.66. The van der Waals surface area contributed by atoms with Crippen molar-refractivity contribution in [3.8, 4) is 0 Å². The van der Waals surface area contributed by atoms with Crippen molar-refractivity contribution in [1.29, 1.82) is 0 Å². The van der Waals surface area contributed by atoms with E-state index in [0.717, 1.165) is 0 Å². The predicted octanol–water partition coefficient (Wildman–Crippen LogP) is 6.39. The highest BCUT2D eigenvalue weighted by Gasteiger charge is 2.63.